The Balaban J connectivity index is 1.49. The number of fused-ring (bicyclic) bond motifs is 2. The van der Waals surface area contributed by atoms with Crippen LogP contribution in [0.1, 0.15) is 29.2 Å². The van der Waals surface area contributed by atoms with Gasteiger partial charge in [-0.15, -0.1) is 0 Å². The van der Waals surface area contributed by atoms with Gasteiger partial charge in [0.1, 0.15) is 11.1 Å². The fourth-order valence-electron chi connectivity index (χ4n) is 4.04. The number of nitrogens with zero attached hydrogens (tertiary/aromatic N) is 3. The van der Waals surface area contributed by atoms with Gasteiger partial charge in [-0.05, 0) is 60.4 Å². The van der Waals surface area contributed by atoms with Crippen LogP contribution in [0.2, 0.25) is 0 Å². The van der Waals surface area contributed by atoms with Crippen LogP contribution in [0.25, 0.3) is 22.0 Å². The van der Waals surface area contributed by atoms with E-state index in [2.05, 4.69) is 10.1 Å². The van der Waals surface area contributed by atoms with Gasteiger partial charge in [-0.2, -0.15) is 13.9 Å². The summed E-state index contributed by atoms with van der Waals surface area (Å²) in [7, 11) is 0. The quantitative estimate of drug-likeness (QED) is 0.410. The summed E-state index contributed by atoms with van der Waals surface area (Å²) in [5, 5.41) is 5.15. The van der Waals surface area contributed by atoms with Crippen LogP contribution in [0, 0.1) is 0 Å². The van der Waals surface area contributed by atoms with Crippen molar-refractivity contribution in [3.8, 4) is 40.0 Å². The number of carbonyl (C=O) groups is 1. The number of benzene rings is 2. The fourth-order valence-corrected chi connectivity index (χ4v) is 4.04. The SMILES string of the molecule is NC(=O)c1cccnc1Oc1cc(-c2ccc(OC(F)F)c3nn(C4CC4)cc23)cc2c1OCO2. The number of aromatic nitrogens is 3. The third kappa shape index (κ3) is 3.84. The summed E-state index contributed by atoms with van der Waals surface area (Å²) in [6, 6.07) is 9.91. The normalized spacial score (nSPS) is 14.5. The number of primary amides is 1. The van der Waals surface area contributed by atoms with Gasteiger partial charge in [0.2, 0.25) is 18.4 Å². The fraction of sp³-hybridized carbons (Fsp3) is 0.208. The molecule has 35 heavy (non-hydrogen) atoms. The van der Waals surface area contributed by atoms with E-state index < -0.39 is 12.5 Å². The van der Waals surface area contributed by atoms with Crippen molar-refractivity contribution in [2.75, 3.05) is 6.79 Å². The lowest BCUT2D eigenvalue weighted by atomic mass is 10.0. The Kier molecular flexibility index (Phi) is 4.90. The van der Waals surface area contributed by atoms with Crippen molar-refractivity contribution in [3.05, 3.63) is 54.4 Å². The maximum absolute atomic E-state index is 13.0. The second-order valence-corrected chi connectivity index (χ2v) is 8.12. The number of alkyl halides is 2. The van der Waals surface area contributed by atoms with Gasteiger partial charge >= 0.3 is 6.61 Å². The van der Waals surface area contributed by atoms with Crippen LogP contribution in [0.15, 0.2) is 48.8 Å². The summed E-state index contributed by atoms with van der Waals surface area (Å²) in [6.45, 7) is -2.99. The molecule has 4 aromatic rings. The molecule has 0 bridgehead atoms. The average molecular weight is 480 g/mol. The zero-order valence-electron chi connectivity index (χ0n) is 18.1. The van der Waals surface area contributed by atoms with E-state index in [1.165, 1.54) is 18.3 Å². The molecule has 0 spiro atoms. The molecule has 1 aliphatic heterocycles. The topological polar surface area (TPSA) is 111 Å². The number of carbonyl (C=O) groups excluding carboxylic acids is 1. The van der Waals surface area contributed by atoms with Crippen molar-refractivity contribution in [1.82, 2.24) is 14.8 Å². The van der Waals surface area contributed by atoms with Crippen LogP contribution in [-0.2, 0) is 0 Å². The Morgan fingerprint density at radius 3 is 2.80 bits per heavy atom. The maximum Gasteiger partial charge on any atom is 0.387 e. The van der Waals surface area contributed by atoms with E-state index in [1.807, 2.05) is 6.20 Å². The zero-order chi connectivity index (χ0) is 24.1. The molecule has 0 saturated heterocycles. The van der Waals surface area contributed by atoms with Gasteiger partial charge in [0.05, 0.1) is 6.04 Å². The summed E-state index contributed by atoms with van der Waals surface area (Å²) in [6.07, 6.45) is 5.25. The van der Waals surface area contributed by atoms with Crippen LogP contribution in [0.3, 0.4) is 0 Å². The minimum Gasteiger partial charge on any atom is -0.453 e. The molecule has 0 radical (unpaired) electrons. The van der Waals surface area contributed by atoms with Gasteiger partial charge in [-0.3, -0.25) is 9.48 Å². The third-order valence-corrected chi connectivity index (χ3v) is 5.79. The Morgan fingerprint density at radius 2 is 2.03 bits per heavy atom. The molecule has 6 rings (SSSR count). The Labute approximate surface area is 197 Å². The molecule has 2 N–H and O–H groups in total. The maximum atomic E-state index is 13.0. The highest BCUT2D eigenvalue weighted by Gasteiger charge is 2.28. The van der Waals surface area contributed by atoms with E-state index in [0.717, 1.165) is 12.8 Å². The molecule has 0 unspecified atom stereocenters. The van der Waals surface area contributed by atoms with E-state index in [1.54, 1.807) is 28.9 Å². The van der Waals surface area contributed by atoms with Crippen molar-refractivity contribution < 1.29 is 32.5 Å². The van der Waals surface area contributed by atoms with Crippen molar-refractivity contribution in [2.45, 2.75) is 25.5 Å². The molecule has 178 valence electrons. The molecular formula is C24H18F2N4O5. The summed E-state index contributed by atoms with van der Waals surface area (Å²) in [5.41, 5.74) is 7.25. The number of hydrogen-bond acceptors (Lipinski definition) is 7. The second kappa shape index (κ2) is 8.12. The summed E-state index contributed by atoms with van der Waals surface area (Å²) in [5.74, 6) is 0.341. The van der Waals surface area contributed by atoms with Crippen molar-refractivity contribution in [3.63, 3.8) is 0 Å². The minimum absolute atomic E-state index is 0.00467. The van der Waals surface area contributed by atoms with E-state index in [4.69, 9.17) is 24.7 Å². The monoisotopic (exact) mass is 480 g/mol. The van der Waals surface area contributed by atoms with Gasteiger partial charge < -0.3 is 24.7 Å². The van der Waals surface area contributed by atoms with E-state index in [0.29, 0.717) is 33.5 Å². The van der Waals surface area contributed by atoms with Crippen molar-refractivity contribution in [1.29, 1.82) is 0 Å². The van der Waals surface area contributed by atoms with E-state index >= 15 is 0 Å². The molecule has 0 atom stereocenters. The number of nitrogens with two attached hydrogens (primary N) is 1. The van der Waals surface area contributed by atoms with E-state index in [9.17, 15) is 13.6 Å². The predicted octanol–water partition coefficient (Wildman–Crippen LogP) is 4.65. The molecule has 3 heterocycles. The highest BCUT2D eigenvalue weighted by atomic mass is 19.3. The van der Waals surface area contributed by atoms with Crippen molar-refractivity contribution >= 4 is 16.8 Å². The molecule has 9 nitrogen and oxygen atoms in total. The number of hydrogen-bond donors (Lipinski definition) is 1. The van der Waals surface area contributed by atoms with Gasteiger partial charge in [0.25, 0.3) is 5.91 Å². The van der Waals surface area contributed by atoms with Gasteiger partial charge in [0, 0.05) is 17.8 Å². The number of halogens is 2. The van der Waals surface area contributed by atoms with Gasteiger partial charge in [-0.1, -0.05) is 0 Å². The number of rotatable bonds is 7. The predicted molar refractivity (Wildman–Crippen MR) is 119 cm³/mol. The lowest BCUT2D eigenvalue weighted by molar-refractivity contribution is -0.0489. The number of ether oxygens (including phenoxy) is 4. The third-order valence-electron chi connectivity index (χ3n) is 5.79. The summed E-state index contributed by atoms with van der Waals surface area (Å²) < 4.78 is 49.6. The zero-order valence-corrected chi connectivity index (χ0v) is 18.1. The molecular weight excluding hydrogens is 462 g/mol. The molecule has 1 amide bonds. The first-order chi connectivity index (χ1) is 17.0. The highest BCUT2D eigenvalue weighted by Crippen LogP contribution is 2.48. The highest BCUT2D eigenvalue weighted by molar-refractivity contribution is 5.98. The van der Waals surface area contributed by atoms with Gasteiger partial charge in [-0.25, -0.2) is 4.98 Å². The van der Waals surface area contributed by atoms with Crippen molar-refractivity contribution in [2.24, 2.45) is 5.73 Å². The molecule has 1 fully saturated rings. The lowest BCUT2D eigenvalue weighted by Gasteiger charge is -2.13. The lowest BCUT2D eigenvalue weighted by Crippen LogP contribution is -2.12. The molecule has 2 aliphatic rings. The van der Waals surface area contributed by atoms with Crippen LogP contribution < -0.4 is 24.7 Å². The number of pyridine rings is 1. The molecule has 11 heteroatoms. The molecule has 1 aliphatic carbocycles. The van der Waals surface area contributed by atoms with Crippen LogP contribution >= 0.6 is 0 Å². The standard InChI is InChI=1S/C24H18F2N4O5/c25-24(26)35-17-6-5-14(16-10-30(13-3-4-13)29-20(16)17)12-8-18-21(33-11-32-18)19(9-12)34-23-15(22(27)31)2-1-7-28-23/h1-2,5-10,13,24H,3-4,11H2,(H2,27,31). The van der Waals surface area contributed by atoms with Gasteiger partial charge in [0.15, 0.2) is 17.2 Å². The summed E-state index contributed by atoms with van der Waals surface area (Å²) in [4.78, 5) is 15.9. The van der Waals surface area contributed by atoms with Crippen LogP contribution in [0.5, 0.6) is 28.9 Å². The minimum atomic E-state index is -2.97. The first-order valence-corrected chi connectivity index (χ1v) is 10.8. The van der Waals surface area contributed by atoms with Crippen LogP contribution in [0.4, 0.5) is 8.78 Å². The Morgan fingerprint density at radius 1 is 1.17 bits per heavy atom. The smallest absolute Gasteiger partial charge is 0.387 e. The molecule has 2 aromatic heterocycles. The number of amides is 1. The molecule has 1 saturated carbocycles. The second-order valence-electron chi connectivity index (χ2n) is 8.12. The van der Waals surface area contributed by atoms with Crippen LogP contribution in [-0.4, -0.2) is 34.1 Å². The largest absolute Gasteiger partial charge is 0.453 e. The molecule has 2 aromatic carbocycles. The summed E-state index contributed by atoms with van der Waals surface area (Å²) >= 11 is 0. The van der Waals surface area contributed by atoms with E-state index in [-0.39, 0.29) is 35.8 Å². The Hall–Kier alpha value is -4.41. The first kappa shape index (κ1) is 21.1. The Bertz CT molecular complexity index is 1470. The average Bonchev–Trinajstić information content (AvgIpc) is 3.39. The first-order valence-electron chi connectivity index (χ1n) is 10.8.